The van der Waals surface area contributed by atoms with E-state index in [1.165, 1.54) is 4.90 Å². The van der Waals surface area contributed by atoms with Crippen LogP contribution in [0.3, 0.4) is 0 Å². The van der Waals surface area contributed by atoms with Gasteiger partial charge in [0, 0.05) is 27.2 Å². The maximum atomic E-state index is 11.8. The lowest BCUT2D eigenvalue weighted by atomic mass is 10.2. The Morgan fingerprint density at radius 3 is 2.38 bits per heavy atom. The first-order chi connectivity index (χ1) is 9.84. The minimum atomic E-state index is -3.47. The number of carbonyl (C=O) groups is 1. The number of hydrogen-bond acceptors (Lipinski definition) is 4. The fourth-order valence-corrected chi connectivity index (χ4v) is 2.63. The Bertz CT molecular complexity index is 618. The van der Waals surface area contributed by atoms with Crippen molar-refractivity contribution in [3.63, 3.8) is 0 Å². The number of benzene rings is 1. The van der Waals surface area contributed by atoms with Crippen LogP contribution in [0, 0.1) is 11.3 Å². The number of hydrogen-bond donors (Lipinski definition) is 2. The summed E-state index contributed by atoms with van der Waals surface area (Å²) >= 11 is 0. The third-order valence-electron chi connectivity index (χ3n) is 2.57. The molecular weight excluding hydrogens is 292 g/mol. The van der Waals surface area contributed by atoms with Crippen LogP contribution in [0.15, 0.2) is 24.3 Å². The summed E-state index contributed by atoms with van der Waals surface area (Å²) in [7, 11) is -0.267. The van der Waals surface area contributed by atoms with Gasteiger partial charge in [0.1, 0.15) is 0 Å². The third kappa shape index (κ3) is 6.25. The molecule has 0 radical (unpaired) electrons. The van der Waals surface area contributed by atoms with Gasteiger partial charge in [-0.3, -0.25) is 0 Å². The van der Waals surface area contributed by atoms with Gasteiger partial charge >= 0.3 is 6.03 Å². The van der Waals surface area contributed by atoms with Crippen LogP contribution in [-0.4, -0.2) is 46.5 Å². The highest BCUT2D eigenvalue weighted by atomic mass is 32.2. The zero-order valence-corrected chi connectivity index (χ0v) is 12.8. The summed E-state index contributed by atoms with van der Waals surface area (Å²) in [5, 5.41) is 11.2. The average Bonchev–Trinajstić information content (AvgIpc) is 2.43. The van der Waals surface area contributed by atoms with E-state index in [1.807, 2.05) is 6.07 Å². The molecule has 0 aliphatic rings. The second-order valence-corrected chi connectivity index (χ2v) is 6.40. The molecule has 0 atom stereocenters. The van der Waals surface area contributed by atoms with Gasteiger partial charge in [0.05, 0.1) is 17.4 Å². The number of nitrogens with zero attached hydrogens (tertiary/aromatic N) is 2. The van der Waals surface area contributed by atoms with Crippen LogP contribution in [0.4, 0.5) is 4.79 Å². The molecule has 2 N–H and O–H groups in total. The molecule has 0 unspecified atom stereocenters. The van der Waals surface area contributed by atoms with Gasteiger partial charge in [-0.2, -0.15) is 5.26 Å². The van der Waals surface area contributed by atoms with Crippen molar-refractivity contribution < 1.29 is 13.2 Å². The molecule has 0 heterocycles. The molecular formula is C13H18N4O3S. The Morgan fingerprint density at radius 1 is 1.24 bits per heavy atom. The Balaban J connectivity index is 2.43. The first-order valence-electron chi connectivity index (χ1n) is 6.25. The molecule has 0 bridgehead atoms. The van der Waals surface area contributed by atoms with E-state index >= 15 is 0 Å². The van der Waals surface area contributed by atoms with Crippen LogP contribution in [0.25, 0.3) is 0 Å². The highest BCUT2D eigenvalue weighted by Crippen LogP contribution is 2.06. The maximum Gasteiger partial charge on any atom is 0.316 e. The number of nitrogens with one attached hydrogen (secondary N) is 2. The molecule has 0 aliphatic carbocycles. The molecule has 0 saturated heterocycles. The summed E-state index contributed by atoms with van der Waals surface area (Å²) in [6.45, 7) is 0.335. The summed E-state index contributed by atoms with van der Waals surface area (Å²) in [5.41, 5.74) is 1.08. The zero-order chi connectivity index (χ0) is 15.9. The molecule has 2 amide bonds. The van der Waals surface area contributed by atoms with Crippen molar-refractivity contribution in [2.24, 2.45) is 0 Å². The van der Waals surface area contributed by atoms with Crippen molar-refractivity contribution in [1.29, 1.82) is 5.26 Å². The number of urea groups is 1. The largest absolute Gasteiger partial charge is 0.337 e. The quantitative estimate of drug-likeness (QED) is 0.735. The molecule has 0 saturated carbocycles. The zero-order valence-electron chi connectivity index (χ0n) is 12.0. The van der Waals surface area contributed by atoms with Gasteiger partial charge in [-0.25, -0.2) is 17.9 Å². The summed E-state index contributed by atoms with van der Waals surface area (Å²) < 4.78 is 26.1. The summed E-state index contributed by atoms with van der Waals surface area (Å²) in [6, 6.07) is 8.04. The van der Waals surface area contributed by atoms with E-state index in [9.17, 15) is 13.2 Å². The van der Waals surface area contributed by atoms with Crippen molar-refractivity contribution in [1.82, 2.24) is 14.9 Å². The lowest BCUT2D eigenvalue weighted by molar-refractivity contribution is 0.217. The molecule has 0 aromatic heterocycles. The van der Waals surface area contributed by atoms with E-state index in [1.54, 1.807) is 38.4 Å². The molecule has 0 aliphatic heterocycles. The summed E-state index contributed by atoms with van der Waals surface area (Å²) in [4.78, 5) is 12.6. The van der Waals surface area contributed by atoms with Gasteiger partial charge in [-0.05, 0) is 17.7 Å². The fraction of sp³-hybridized carbons (Fsp3) is 0.385. The van der Waals surface area contributed by atoms with E-state index < -0.39 is 10.0 Å². The van der Waals surface area contributed by atoms with E-state index in [0.29, 0.717) is 11.1 Å². The van der Waals surface area contributed by atoms with Crippen LogP contribution in [-0.2, 0) is 15.8 Å². The van der Waals surface area contributed by atoms with Gasteiger partial charge in [0.2, 0.25) is 10.0 Å². The normalized spacial score (nSPS) is 10.7. The Hall–Kier alpha value is -2.11. The molecule has 1 rings (SSSR count). The number of nitriles is 1. The highest BCUT2D eigenvalue weighted by Gasteiger charge is 2.11. The van der Waals surface area contributed by atoms with Crippen LogP contribution >= 0.6 is 0 Å². The topological polar surface area (TPSA) is 102 Å². The lowest BCUT2D eigenvalue weighted by Gasteiger charge is -2.12. The van der Waals surface area contributed by atoms with Crippen molar-refractivity contribution in [3.05, 3.63) is 35.4 Å². The number of amides is 2. The highest BCUT2D eigenvalue weighted by molar-refractivity contribution is 7.88. The smallest absolute Gasteiger partial charge is 0.316 e. The minimum Gasteiger partial charge on any atom is -0.337 e. The third-order valence-corrected chi connectivity index (χ3v) is 3.93. The molecule has 7 nitrogen and oxygen atoms in total. The predicted octanol–water partition coefficient (Wildman–Crippen LogP) is 0.249. The van der Waals surface area contributed by atoms with Crippen LogP contribution in [0.1, 0.15) is 11.1 Å². The fourth-order valence-electron chi connectivity index (χ4n) is 1.48. The van der Waals surface area contributed by atoms with Crippen molar-refractivity contribution >= 4 is 16.1 Å². The van der Waals surface area contributed by atoms with Crippen LogP contribution in [0.5, 0.6) is 0 Å². The molecule has 114 valence electrons. The lowest BCUT2D eigenvalue weighted by Crippen LogP contribution is -2.39. The van der Waals surface area contributed by atoms with Crippen LogP contribution < -0.4 is 10.0 Å². The molecule has 8 heteroatoms. The van der Waals surface area contributed by atoms with E-state index in [4.69, 9.17) is 5.26 Å². The SMILES string of the molecule is CN(C)C(=O)NCCNS(=O)(=O)Cc1ccc(C#N)cc1. The Morgan fingerprint density at radius 2 is 1.86 bits per heavy atom. The first-order valence-corrected chi connectivity index (χ1v) is 7.91. The van der Waals surface area contributed by atoms with Gasteiger partial charge in [0.25, 0.3) is 0 Å². The molecule has 0 fully saturated rings. The Labute approximate surface area is 124 Å². The number of sulfonamides is 1. The second kappa shape index (κ2) is 7.61. The average molecular weight is 310 g/mol. The minimum absolute atomic E-state index is 0.123. The van der Waals surface area contributed by atoms with Gasteiger partial charge in [0.15, 0.2) is 0 Å². The maximum absolute atomic E-state index is 11.8. The van der Waals surface area contributed by atoms with Crippen molar-refractivity contribution in [3.8, 4) is 6.07 Å². The molecule has 1 aromatic carbocycles. The van der Waals surface area contributed by atoms with E-state index in [0.717, 1.165) is 0 Å². The van der Waals surface area contributed by atoms with Gasteiger partial charge < -0.3 is 10.2 Å². The monoisotopic (exact) mass is 310 g/mol. The number of carbonyl (C=O) groups excluding carboxylic acids is 1. The predicted molar refractivity (Wildman–Crippen MR) is 78.9 cm³/mol. The molecule has 1 aromatic rings. The van der Waals surface area contributed by atoms with Crippen molar-refractivity contribution in [2.75, 3.05) is 27.2 Å². The van der Waals surface area contributed by atoms with Gasteiger partial charge in [-0.1, -0.05) is 12.1 Å². The second-order valence-electron chi connectivity index (χ2n) is 4.59. The van der Waals surface area contributed by atoms with Crippen molar-refractivity contribution in [2.45, 2.75) is 5.75 Å². The van der Waals surface area contributed by atoms with E-state index in [2.05, 4.69) is 10.0 Å². The first kappa shape index (κ1) is 16.9. The summed E-state index contributed by atoms with van der Waals surface area (Å²) in [6.07, 6.45) is 0. The van der Waals surface area contributed by atoms with Gasteiger partial charge in [-0.15, -0.1) is 0 Å². The van der Waals surface area contributed by atoms with Crippen LogP contribution in [0.2, 0.25) is 0 Å². The number of rotatable bonds is 6. The Kier molecular flexibility index (Phi) is 6.14. The molecule has 21 heavy (non-hydrogen) atoms. The molecule has 0 spiro atoms. The summed E-state index contributed by atoms with van der Waals surface area (Å²) in [5.74, 6) is -0.166. The standard InChI is InChI=1S/C13H18N4O3S/c1-17(2)13(18)15-7-8-16-21(19,20)10-12-5-3-11(9-14)4-6-12/h3-6,16H,7-8,10H2,1-2H3,(H,15,18). The van der Waals surface area contributed by atoms with E-state index in [-0.39, 0.29) is 24.9 Å².